The summed E-state index contributed by atoms with van der Waals surface area (Å²) in [6.07, 6.45) is -0.700. The zero-order valence-corrected chi connectivity index (χ0v) is 15.0. The Kier molecular flexibility index (Phi) is 7.02. The quantitative estimate of drug-likeness (QED) is 0.548. The van der Waals surface area contributed by atoms with Gasteiger partial charge in [0, 0.05) is 5.56 Å². The van der Waals surface area contributed by atoms with Gasteiger partial charge in [-0.1, -0.05) is 6.07 Å². The maximum atomic E-state index is 13.6. The predicted octanol–water partition coefficient (Wildman–Crippen LogP) is 2.74. The second-order valence-electron chi connectivity index (χ2n) is 5.53. The van der Waals surface area contributed by atoms with Gasteiger partial charge in [-0.2, -0.15) is 0 Å². The molecular weight excluding hydrogens is 376 g/mol. The number of esters is 1. The monoisotopic (exact) mass is 393 g/mol. The van der Waals surface area contributed by atoms with Gasteiger partial charge in [0.15, 0.2) is 24.2 Å². The lowest BCUT2D eigenvalue weighted by molar-refractivity contribution is -0.155. The Morgan fingerprint density at radius 3 is 2.43 bits per heavy atom. The van der Waals surface area contributed by atoms with Gasteiger partial charge in [0.2, 0.25) is 0 Å². The molecule has 0 saturated carbocycles. The molecule has 0 aliphatic rings. The Bertz CT molecular complexity index is 866. The summed E-state index contributed by atoms with van der Waals surface area (Å²) in [6.45, 7) is 0.688. The van der Waals surface area contributed by atoms with Crippen LogP contribution in [0.1, 0.15) is 17.3 Å². The van der Waals surface area contributed by atoms with E-state index in [4.69, 9.17) is 14.2 Å². The van der Waals surface area contributed by atoms with Crippen molar-refractivity contribution in [2.75, 3.05) is 19.0 Å². The molecule has 28 heavy (non-hydrogen) atoms. The molecule has 0 aliphatic carbocycles. The molecule has 0 saturated heterocycles. The number of para-hydroxylation sites is 1. The van der Waals surface area contributed by atoms with Gasteiger partial charge >= 0.3 is 5.97 Å². The number of halogens is 2. The second kappa shape index (κ2) is 9.45. The first-order valence-corrected chi connectivity index (χ1v) is 8.06. The van der Waals surface area contributed by atoms with Gasteiger partial charge in [-0.25, -0.2) is 13.6 Å². The number of benzene rings is 2. The maximum absolute atomic E-state index is 13.6. The summed E-state index contributed by atoms with van der Waals surface area (Å²) < 4.78 is 42.3. The third kappa shape index (κ3) is 5.26. The Hall–Kier alpha value is -3.49. The van der Waals surface area contributed by atoms with E-state index in [1.165, 1.54) is 32.2 Å². The molecule has 1 amide bonds. The van der Waals surface area contributed by atoms with E-state index in [1.54, 1.807) is 0 Å². The second-order valence-corrected chi connectivity index (χ2v) is 5.53. The van der Waals surface area contributed by atoms with E-state index in [0.29, 0.717) is 11.8 Å². The van der Waals surface area contributed by atoms with Gasteiger partial charge in [0.05, 0.1) is 7.11 Å². The molecule has 0 fully saturated rings. The Balaban J connectivity index is 1.92. The van der Waals surface area contributed by atoms with Gasteiger partial charge in [-0.15, -0.1) is 0 Å². The topological polar surface area (TPSA) is 90.9 Å². The van der Waals surface area contributed by atoms with Crippen molar-refractivity contribution in [1.82, 2.24) is 0 Å². The molecule has 0 aliphatic heterocycles. The van der Waals surface area contributed by atoms with Crippen molar-refractivity contribution in [3.05, 3.63) is 53.6 Å². The van der Waals surface area contributed by atoms with Gasteiger partial charge < -0.3 is 19.5 Å². The van der Waals surface area contributed by atoms with Gasteiger partial charge in [0.1, 0.15) is 23.6 Å². The van der Waals surface area contributed by atoms with Crippen LogP contribution in [-0.4, -0.2) is 38.0 Å². The number of nitrogens with one attached hydrogen (secondary N) is 1. The molecule has 0 spiro atoms. The van der Waals surface area contributed by atoms with Crippen LogP contribution >= 0.6 is 0 Å². The van der Waals surface area contributed by atoms with Crippen molar-refractivity contribution in [3.63, 3.8) is 0 Å². The summed E-state index contributed by atoms with van der Waals surface area (Å²) in [5.41, 5.74) is -0.274. The molecule has 0 bridgehead atoms. The van der Waals surface area contributed by atoms with Crippen LogP contribution in [0.5, 0.6) is 11.5 Å². The van der Waals surface area contributed by atoms with Crippen molar-refractivity contribution in [3.8, 4) is 11.5 Å². The summed E-state index contributed by atoms with van der Waals surface area (Å²) in [7, 11) is 1.36. The van der Waals surface area contributed by atoms with E-state index in [0.717, 1.165) is 18.2 Å². The molecule has 9 heteroatoms. The number of ether oxygens (including phenoxy) is 3. The number of methoxy groups -OCH3 is 1. The fourth-order valence-corrected chi connectivity index (χ4v) is 2.14. The first kappa shape index (κ1) is 20.8. The van der Waals surface area contributed by atoms with Crippen molar-refractivity contribution in [2.24, 2.45) is 0 Å². The number of carbonyl (C=O) groups excluding carboxylic acids is 3. The Labute approximate surface area is 159 Å². The zero-order chi connectivity index (χ0) is 20.7. The Morgan fingerprint density at radius 1 is 1.14 bits per heavy atom. The van der Waals surface area contributed by atoms with Crippen LogP contribution in [0.25, 0.3) is 0 Å². The minimum absolute atomic E-state index is 0.190. The fourth-order valence-electron chi connectivity index (χ4n) is 2.14. The van der Waals surface area contributed by atoms with E-state index in [2.05, 4.69) is 0 Å². The highest BCUT2D eigenvalue weighted by atomic mass is 19.1. The first-order valence-electron chi connectivity index (χ1n) is 8.06. The summed E-state index contributed by atoms with van der Waals surface area (Å²) in [5.74, 6) is -3.29. The molecule has 2 aromatic rings. The number of hydrogen-bond acceptors (Lipinski definition) is 6. The molecule has 2 aromatic carbocycles. The molecule has 1 N–H and O–H groups in total. The van der Waals surface area contributed by atoms with Gasteiger partial charge in [0.25, 0.3) is 5.91 Å². The highest BCUT2D eigenvalue weighted by molar-refractivity contribution is 5.95. The predicted molar refractivity (Wildman–Crippen MR) is 94.4 cm³/mol. The molecule has 0 aromatic heterocycles. The lowest BCUT2D eigenvalue weighted by atomic mass is 10.2. The van der Waals surface area contributed by atoms with E-state index < -0.39 is 41.9 Å². The normalized spacial score (nSPS) is 11.3. The van der Waals surface area contributed by atoms with Crippen LogP contribution in [0.4, 0.5) is 14.5 Å². The highest BCUT2D eigenvalue weighted by Gasteiger charge is 2.21. The minimum atomic E-state index is -1.32. The van der Waals surface area contributed by atoms with E-state index in [-0.39, 0.29) is 11.5 Å². The molecule has 2 rings (SSSR count). The highest BCUT2D eigenvalue weighted by Crippen LogP contribution is 2.27. The molecule has 0 unspecified atom stereocenters. The van der Waals surface area contributed by atoms with Crippen LogP contribution in [0.2, 0.25) is 0 Å². The number of amides is 1. The lowest BCUT2D eigenvalue weighted by Gasteiger charge is -2.15. The number of anilines is 1. The van der Waals surface area contributed by atoms with Crippen LogP contribution in [0.3, 0.4) is 0 Å². The van der Waals surface area contributed by atoms with Crippen molar-refractivity contribution < 1.29 is 37.4 Å². The van der Waals surface area contributed by atoms with Crippen LogP contribution in [-0.2, 0) is 14.3 Å². The van der Waals surface area contributed by atoms with E-state index >= 15 is 0 Å². The van der Waals surface area contributed by atoms with Crippen molar-refractivity contribution in [1.29, 1.82) is 0 Å². The Morgan fingerprint density at radius 2 is 1.82 bits per heavy atom. The van der Waals surface area contributed by atoms with Crippen molar-refractivity contribution >= 4 is 23.9 Å². The SMILES string of the molecule is COc1cc(C=O)ccc1OCC(=O)O[C@H](C)C(=O)Nc1c(F)cccc1F. The summed E-state index contributed by atoms with van der Waals surface area (Å²) in [5, 5.41) is 2.03. The van der Waals surface area contributed by atoms with Crippen LogP contribution in [0.15, 0.2) is 36.4 Å². The molecular formula is C19H17F2NO6. The van der Waals surface area contributed by atoms with E-state index in [9.17, 15) is 23.2 Å². The largest absolute Gasteiger partial charge is 0.493 e. The summed E-state index contributed by atoms with van der Waals surface area (Å²) in [6, 6.07) is 7.44. The standard InChI is InChI=1S/C19H17F2NO6/c1-11(19(25)22-18-13(20)4-3-5-14(18)21)28-17(24)10-27-15-7-6-12(9-23)8-16(15)26-2/h3-9,11H,10H2,1-2H3,(H,22,25)/t11-/m1/s1. The number of aldehydes is 1. The molecule has 1 atom stereocenters. The van der Waals surface area contributed by atoms with Crippen LogP contribution < -0.4 is 14.8 Å². The maximum Gasteiger partial charge on any atom is 0.344 e. The lowest BCUT2D eigenvalue weighted by Crippen LogP contribution is -2.32. The first-order chi connectivity index (χ1) is 13.3. The number of rotatable bonds is 8. The third-order valence-corrected chi connectivity index (χ3v) is 3.56. The molecule has 148 valence electrons. The van der Waals surface area contributed by atoms with Gasteiger partial charge in [-0.05, 0) is 37.3 Å². The average molecular weight is 393 g/mol. The van der Waals surface area contributed by atoms with Gasteiger partial charge in [-0.3, -0.25) is 9.59 Å². The number of hydrogen-bond donors (Lipinski definition) is 1. The third-order valence-electron chi connectivity index (χ3n) is 3.56. The molecule has 0 heterocycles. The average Bonchev–Trinajstić information content (AvgIpc) is 2.68. The van der Waals surface area contributed by atoms with Crippen LogP contribution in [0, 0.1) is 11.6 Å². The summed E-state index contributed by atoms with van der Waals surface area (Å²) >= 11 is 0. The van der Waals surface area contributed by atoms with E-state index in [1.807, 2.05) is 5.32 Å². The molecule has 7 nitrogen and oxygen atoms in total. The smallest absolute Gasteiger partial charge is 0.344 e. The zero-order valence-electron chi connectivity index (χ0n) is 15.0. The van der Waals surface area contributed by atoms with Crippen molar-refractivity contribution in [2.45, 2.75) is 13.0 Å². The minimum Gasteiger partial charge on any atom is -0.493 e. The fraction of sp³-hybridized carbons (Fsp3) is 0.211. The number of carbonyl (C=O) groups is 3. The summed E-state index contributed by atoms with van der Waals surface area (Å²) in [4.78, 5) is 34.6. The molecule has 0 radical (unpaired) electrons.